The first-order valence-corrected chi connectivity index (χ1v) is 13.9. The van der Waals surface area contributed by atoms with Crippen molar-refractivity contribution >= 4 is 34.9 Å². The lowest BCUT2D eigenvalue weighted by Crippen LogP contribution is -2.38. The molecule has 7 rings (SSSR count). The molecule has 0 bridgehead atoms. The van der Waals surface area contributed by atoms with Gasteiger partial charge in [0.1, 0.15) is 5.76 Å². The average molecular weight is 519 g/mol. The number of fused-ring (bicyclic) bond motifs is 3. The van der Waals surface area contributed by atoms with E-state index in [1.54, 1.807) is 11.8 Å². The molecule has 0 saturated carbocycles. The molecule has 6 heteroatoms. The number of hydrogen-bond donors (Lipinski definition) is 0. The van der Waals surface area contributed by atoms with Crippen LogP contribution in [0.4, 0.5) is 0 Å². The number of aryl methyl sites for hydroxylation is 1. The van der Waals surface area contributed by atoms with Gasteiger partial charge in [-0.2, -0.15) is 0 Å². The second-order valence-electron chi connectivity index (χ2n) is 9.10. The SMILES string of the molecule is O=c1/c(=C/c2ccc(Sc3ccccc3)o2)sc2n1[C@H](c1ccccc1)C1=C(N=2)c2ccccc2CC1. The van der Waals surface area contributed by atoms with Crippen LogP contribution in [0.25, 0.3) is 11.8 Å². The van der Waals surface area contributed by atoms with Crippen molar-refractivity contribution < 1.29 is 4.42 Å². The van der Waals surface area contributed by atoms with E-state index >= 15 is 0 Å². The lowest BCUT2D eigenvalue weighted by atomic mass is 9.83. The molecule has 0 N–H and O–H groups in total. The number of hydrogen-bond acceptors (Lipinski definition) is 5. The van der Waals surface area contributed by atoms with Crippen molar-refractivity contribution in [2.45, 2.75) is 28.9 Å². The van der Waals surface area contributed by atoms with Crippen molar-refractivity contribution in [3.8, 4) is 0 Å². The fourth-order valence-electron chi connectivity index (χ4n) is 5.16. The maximum atomic E-state index is 13.8. The number of benzene rings is 3. The molecule has 1 atom stereocenters. The van der Waals surface area contributed by atoms with E-state index in [1.807, 2.05) is 59.2 Å². The zero-order chi connectivity index (χ0) is 24.8. The smallest absolute Gasteiger partial charge is 0.271 e. The van der Waals surface area contributed by atoms with E-state index in [1.165, 1.54) is 28.0 Å². The van der Waals surface area contributed by atoms with Gasteiger partial charge >= 0.3 is 0 Å². The Hall–Kier alpha value is -3.87. The summed E-state index contributed by atoms with van der Waals surface area (Å²) in [5.74, 6) is 0.661. The molecule has 0 spiro atoms. The van der Waals surface area contributed by atoms with Crippen LogP contribution in [0.5, 0.6) is 0 Å². The molecule has 0 unspecified atom stereocenters. The van der Waals surface area contributed by atoms with Crippen molar-refractivity contribution in [2.24, 2.45) is 4.99 Å². The molecule has 1 aliphatic heterocycles. The number of thiazole rings is 1. The lowest BCUT2D eigenvalue weighted by molar-refractivity contribution is 0.466. The Morgan fingerprint density at radius 2 is 1.65 bits per heavy atom. The first-order chi connectivity index (χ1) is 18.2. The van der Waals surface area contributed by atoms with E-state index in [2.05, 4.69) is 48.5 Å². The summed E-state index contributed by atoms with van der Waals surface area (Å²) in [4.78, 5) is 20.7. The molecule has 2 aromatic heterocycles. The summed E-state index contributed by atoms with van der Waals surface area (Å²) in [6.07, 6.45) is 3.68. The topological polar surface area (TPSA) is 47.5 Å². The summed E-state index contributed by atoms with van der Waals surface area (Å²) >= 11 is 2.99. The third-order valence-corrected chi connectivity index (χ3v) is 8.74. The van der Waals surface area contributed by atoms with Gasteiger partial charge in [0, 0.05) is 16.5 Å². The maximum Gasteiger partial charge on any atom is 0.271 e. The summed E-state index contributed by atoms with van der Waals surface area (Å²) < 4.78 is 8.56. The maximum absolute atomic E-state index is 13.8. The van der Waals surface area contributed by atoms with E-state index < -0.39 is 0 Å². The van der Waals surface area contributed by atoms with Gasteiger partial charge < -0.3 is 4.42 Å². The largest absolute Gasteiger partial charge is 0.450 e. The minimum atomic E-state index is -0.163. The predicted octanol–water partition coefficient (Wildman–Crippen LogP) is 6.06. The second-order valence-corrected chi connectivity index (χ2v) is 11.2. The van der Waals surface area contributed by atoms with Gasteiger partial charge in [-0.25, -0.2) is 4.99 Å². The van der Waals surface area contributed by atoms with Crippen molar-refractivity contribution in [1.82, 2.24) is 4.57 Å². The van der Waals surface area contributed by atoms with E-state index in [4.69, 9.17) is 9.41 Å². The molecule has 0 saturated heterocycles. The summed E-state index contributed by atoms with van der Waals surface area (Å²) in [5.41, 5.74) is 5.80. The van der Waals surface area contributed by atoms with Crippen LogP contribution in [0, 0.1) is 0 Å². The third-order valence-electron chi connectivity index (χ3n) is 6.83. The van der Waals surface area contributed by atoms with Crippen LogP contribution in [0.15, 0.2) is 127 Å². The summed E-state index contributed by atoms with van der Waals surface area (Å²) in [6.45, 7) is 0. The monoisotopic (exact) mass is 518 g/mol. The highest BCUT2D eigenvalue weighted by Gasteiger charge is 2.32. The van der Waals surface area contributed by atoms with Gasteiger partial charge in [-0.05, 0) is 53.8 Å². The number of rotatable bonds is 4. The normalized spacial score (nSPS) is 16.6. The van der Waals surface area contributed by atoms with Crippen molar-refractivity contribution in [3.05, 3.63) is 145 Å². The van der Waals surface area contributed by atoms with Crippen molar-refractivity contribution in [1.29, 1.82) is 0 Å². The fraction of sp³-hybridized carbons (Fsp3) is 0.0968. The Labute approximate surface area is 222 Å². The van der Waals surface area contributed by atoms with Gasteiger partial charge in [0.05, 0.1) is 16.3 Å². The first-order valence-electron chi connectivity index (χ1n) is 12.3. The van der Waals surface area contributed by atoms with Gasteiger partial charge in [0.15, 0.2) is 9.89 Å². The number of allylic oxidation sites excluding steroid dienone is 1. The van der Waals surface area contributed by atoms with E-state index in [9.17, 15) is 4.79 Å². The number of furan rings is 1. The predicted molar refractivity (Wildman–Crippen MR) is 148 cm³/mol. The molecule has 3 aromatic carbocycles. The van der Waals surface area contributed by atoms with Crippen LogP contribution < -0.4 is 14.9 Å². The van der Waals surface area contributed by atoms with Crippen LogP contribution in [0.2, 0.25) is 0 Å². The average Bonchev–Trinajstić information content (AvgIpc) is 3.51. The molecule has 1 aliphatic carbocycles. The van der Waals surface area contributed by atoms with Gasteiger partial charge in [0.25, 0.3) is 5.56 Å². The van der Waals surface area contributed by atoms with E-state index in [0.717, 1.165) is 38.9 Å². The minimum Gasteiger partial charge on any atom is -0.450 e. The molecule has 180 valence electrons. The van der Waals surface area contributed by atoms with Gasteiger partial charge in [-0.1, -0.05) is 95.9 Å². The Bertz CT molecular complexity index is 1830. The Kier molecular flexibility index (Phi) is 5.56. The molecule has 2 aliphatic rings. The highest BCUT2D eigenvalue weighted by Crippen LogP contribution is 2.41. The molecular weight excluding hydrogens is 496 g/mol. The molecule has 0 fully saturated rings. The lowest BCUT2D eigenvalue weighted by Gasteiger charge is -2.30. The van der Waals surface area contributed by atoms with Gasteiger partial charge in [-0.3, -0.25) is 9.36 Å². The highest BCUT2D eigenvalue weighted by molar-refractivity contribution is 7.99. The van der Waals surface area contributed by atoms with Crippen LogP contribution >= 0.6 is 23.1 Å². The van der Waals surface area contributed by atoms with Crippen LogP contribution in [0.3, 0.4) is 0 Å². The second kappa shape index (κ2) is 9.21. The third kappa shape index (κ3) is 4.02. The van der Waals surface area contributed by atoms with Crippen LogP contribution in [0.1, 0.15) is 34.9 Å². The molecule has 37 heavy (non-hydrogen) atoms. The zero-order valence-corrected chi connectivity index (χ0v) is 21.5. The molecule has 0 amide bonds. The molecule has 5 aromatic rings. The Morgan fingerprint density at radius 1 is 0.892 bits per heavy atom. The molecular formula is C31H22N2O2S2. The Balaban J connectivity index is 1.36. The van der Waals surface area contributed by atoms with Gasteiger partial charge in [0.2, 0.25) is 0 Å². The Morgan fingerprint density at radius 3 is 2.49 bits per heavy atom. The number of aromatic nitrogens is 1. The van der Waals surface area contributed by atoms with Crippen LogP contribution in [-0.2, 0) is 6.42 Å². The van der Waals surface area contributed by atoms with Gasteiger partial charge in [-0.15, -0.1) is 0 Å². The summed E-state index contributed by atoms with van der Waals surface area (Å²) in [5, 5.41) is 0.791. The minimum absolute atomic E-state index is 0.0309. The van der Waals surface area contributed by atoms with E-state index in [0.29, 0.717) is 10.3 Å². The quantitative estimate of drug-likeness (QED) is 0.290. The summed E-state index contributed by atoms with van der Waals surface area (Å²) in [7, 11) is 0. The van der Waals surface area contributed by atoms with Crippen molar-refractivity contribution in [2.75, 3.05) is 0 Å². The standard InChI is InChI=1S/C31H22N2O2S2/c34-30-26(19-22-16-18-27(35-22)36-23-12-5-2-6-13-23)37-31-32-28-24-14-8-7-9-20(24)15-17-25(28)29(33(30)31)21-10-3-1-4-11-21/h1-14,16,18-19,29H,15,17H2/b26-19-/t29-/m1/s1. The van der Waals surface area contributed by atoms with Crippen molar-refractivity contribution in [3.63, 3.8) is 0 Å². The fourth-order valence-corrected chi connectivity index (χ4v) is 6.94. The molecule has 3 heterocycles. The zero-order valence-electron chi connectivity index (χ0n) is 19.8. The van der Waals surface area contributed by atoms with Crippen LogP contribution in [-0.4, -0.2) is 4.57 Å². The highest BCUT2D eigenvalue weighted by atomic mass is 32.2. The number of nitrogens with zero attached hydrogens (tertiary/aromatic N) is 2. The molecule has 4 nitrogen and oxygen atoms in total. The first kappa shape index (κ1) is 22.3. The summed E-state index contributed by atoms with van der Waals surface area (Å²) in [6, 6.07) is 32.6. The van der Waals surface area contributed by atoms with E-state index in [-0.39, 0.29) is 11.6 Å². The molecule has 0 radical (unpaired) electrons.